The maximum Gasteiger partial charge on any atom is 0.0490 e. The van der Waals surface area contributed by atoms with Gasteiger partial charge in [-0.25, -0.2) is 0 Å². The monoisotopic (exact) mass is 681 g/mol. The van der Waals surface area contributed by atoms with Gasteiger partial charge in [0.25, 0.3) is 0 Å². The van der Waals surface area contributed by atoms with Crippen molar-refractivity contribution in [2.24, 2.45) is 0 Å². The molecule has 0 saturated heterocycles. The molecule has 0 radical (unpaired) electrons. The molecule has 53 heavy (non-hydrogen) atoms. The van der Waals surface area contributed by atoms with E-state index in [2.05, 4.69) is 223 Å². The van der Waals surface area contributed by atoms with E-state index in [1.54, 1.807) is 0 Å². The van der Waals surface area contributed by atoms with E-state index in [4.69, 9.17) is 0 Å². The van der Waals surface area contributed by atoms with Crippen molar-refractivity contribution in [3.8, 4) is 22.3 Å². The summed E-state index contributed by atoms with van der Waals surface area (Å²) in [5.41, 5.74) is 16.4. The van der Waals surface area contributed by atoms with Crippen LogP contribution in [0.3, 0.4) is 0 Å². The molecule has 8 aromatic carbocycles. The number of nitrogens with zero attached hydrogens (tertiary/aromatic N) is 2. The number of fused-ring (bicyclic) bond motifs is 3. The Morgan fingerprint density at radius 2 is 0.660 bits per heavy atom. The van der Waals surface area contributed by atoms with Crippen molar-refractivity contribution in [3.63, 3.8) is 0 Å². The molecule has 9 rings (SSSR count). The van der Waals surface area contributed by atoms with Gasteiger partial charge in [0.1, 0.15) is 0 Å². The molecular weight excluding hydrogens is 643 g/mol. The highest BCUT2D eigenvalue weighted by molar-refractivity contribution is 6.09. The Bertz CT molecular complexity index is 2490. The van der Waals surface area contributed by atoms with Crippen molar-refractivity contribution in [1.29, 1.82) is 0 Å². The predicted octanol–water partition coefficient (Wildman–Crippen LogP) is 14.2. The zero-order chi connectivity index (χ0) is 35.7. The normalized spacial score (nSPS) is 11.2. The van der Waals surface area contributed by atoms with Crippen molar-refractivity contribution in [1.82, 2.24) is 4.98 Å². The minimum Gasteiger partial charge on any atom is -0.355 e. The summed E-state index contributed by atoms with van der Waals surface area (Å²) in [6.07, 6.45) is 0. The van der Waals surface area contributed by atoms with E-state index in [1.165, 1.54) is 55.5 Å². The first-order valence-corrected chi connectivity index (χ1v) is 18.2. The van der Waals surface area contributed by atoms with Gasteiger partial charge >= 0.3 is 0 Å². The summed E-state index contributed by atoms with van der Waals surface area (Å²) in [6, 6.07) is 69.7. The second-order valence-electron chi connectivity index (χ2n) is 13.7. The fraction of sp³-hybridized carbons (Fsp3) is 0.0400. The summed E-state index contributed by atoms with van der Waals surface area (Å²) in [7, 11) is 0. The molecular formula is C50H39N3. The summed E-state index contributed by atoms with van der Waals surface area (Å²) >= 11 is 0. The fourth-order valence-corrected chi connectivity index (χ4v) is 7.50. The van der Waals surface area contributed by atoms with Crippen LogP contribution in [0.15, 0.2) is 194 Å². The number of rotatable bonds is 8. The Morgan fingerprint density at radius 1 is 0.321 bits per heavy atom. The summed E-state index contributed by atoms with van der Waals surface area (Å²) in [5.74, 6) is 0. The number of aromatic amines is 1. The lowest BCUT2D eigenvalue weighted by Crippen LogP contribution is -2.11. The van der Waals surface area contributed by atoms with Crippen molar-refractivity contribution in [3.05, 3.63) is 205 Å². The summed E-state index contributed by atoms with van der Waals surface area (Å²) < 4.78 is 0. The van der Waals surface area contributed by atoms with Crippen LogP contribution in [-0.2, 0) is 0 Å². The fourth-order valence-electron chi connectivity index (χ4n) is 7.50. The number of H-pyrrole nitrogens is 1. The largest absolute Gasteiger partial charge is 0.355 e. The van der Waals surface area contributed by atoms with E-state index in [0.29, 0.717) is 0 Å². The summed E-state index contributed by atoms with van der Waals surface area (Å²) in [4.78, 5) is 8.32. The molecule has 0 saturated carbocycles. The molecule has 0 spiro atoms. The first-order valence-electron chi connectivity index (χ1n) is 18.2. The Kier molecular flexibility index (Phi) is 8.30. The average molecular weight is 682 g/mol. The minimum absolute atomic E-state index is 1.13. The number of para-hydroxylation sites is 4. The van der Waals surface area contributed by atoms with Gasteiger partial charge < -0.3 is 14.8 Å². The van der Waals surface area contributed by atoms with Gasteiger partial charge in [0, 0.05) is 55.9 Å². The molecule has 254 valence electrons. The molecule has 0 aliphatic carbocycles. The van der Waals surface area contributed by atoms with Gasteiger partial charge in [-0.05, 0) is 132 Å². The van der Waals surface area contributed by atoms with Gasteiger partial charge in [-0.2, -0.15) is 0 Å². The van der Waals surface area contributed by atoms with Crippen molar-refractivity contribution in [2.45, 2.75) is 13.8 Å². The molecule has 3 nitrogen and oxygen atoms in total. The van der Waals surface area contributed by atoms with Crippen molar-refractivity contribution >= 4 is 55.9 Å². The average Bonchev–Trinajstić information content (AvgIpc) is 3.58. The second-order valence-corrected chi connectivity index (χ2v) is 13.7. The molecule has 9 aromatic rings. The van der Waals surface area contributed by atoms with Crippen LogP contribution < -0.4 is 9.80 Å². The highest BCUT2D eigenvalue weighted by Gasteiger charge is 2.16. The van der Waals surface area contributed by atoms with Gasteiger partial charge in [-0.3, -0.25) is 0 Å². The Balaban J connectivity index is 1.04. The Hall–Kier alpha value is -6.84. The van der Waals surface area contributed by atoms with Crippen LogP contribution in [0.2, 0.25) is 0 Å². The number of anilines is 6. The van der Waals surface area contributed by atoms with Gasteiger partial charge in [0.05, 0.1) is 0 Å². The Morgan fingerprint density at radius 3 is 1.06 bits per heavy atom. The zero-order valence-electron chi connectivity index (χ0n) is 29.9. The molecule has 0 aliphatic rings. The second kappa shape index (κ2) is 13.7. The third kappa shape index (κ3) is 6.13. The summed E-state index contributed by atoms with van der Waals surface area (Å²) in [5, 5.41) is 2.45. The molecule has 1 heterocycles. The first kappa shape index (κ1) is 32.1. The highest BCUT2D eigenvalue weighted by atomic mass is 15.1. The van der Waals surface area contributed by atoms with E-state index < -0.39 is 0 Å². The number of nitrogens with one attached hydrogen (secondary N) is 1. The molecule has 0 atom stereocenters. The van der Waals surface area contributed by atoms with E-state index >= 15 is 0 Å². The molecule has 0 unspecified atom stereocenters. The number of hydrogen-bond acceptors (Lipinski definition) is 2. The van der Waals surface area contributed by atoms with Crippen LogP contribution in [0, 0.1) is 13.8 Å². The maximum absolute atomic E-state index is 3.65. The molecule has 1 N–H and O–H groups in total. The number of hydrogen-bond donors (Lipinski definition) is 1. The quantitative estimate of drug-likeness (QED) is 0.172. The first-order chi connectivity index (χ1) is 26.1. The van der Waals surface area contributed by atoms with Crippen molar-refractivity contribution < 1.29 is 0 Å². The lowest BCUT2D eigenvalue weighted by Gasteiger charge is -2.27. The van der Waals surface area contributed by atoms with Crippen molar-refractivity contribution in [2.75, 3.05) is 9.80 Å². The lowest BCUT2D eigenvalue weighted by molar-refractivity contribution is 1.25. The Labute approximate surface area is 311 Å². The van der Waals surface area contributed by atoms with Crippen LogP contribution >= 0.6 is 0 Å². The molecule has 0 bridgehead atoms. The van der Waals surface area contributed by atoms with E-state index in [1.807, 2.05) is 0 Å². The third-order valence-electron chi connectivity index (χ3n) is 10.3. The van der Waals surface area contributed by atoms with E-state index in [0.717, 1.165) is 33.8 Å². The van der Waals surface area contributed by atoms with Gasteiger partial charge in [-0.1, -0.05) is 109 Å². The zero-order valence-corrected chi connectivity index (χ0v) is 29.9. The summed E-state index contributed by atoms with van der Waals surface area (Å²) in [6.45, 7) is 4.34. The van der Waals surface area contributed by atoms with Crippen LogP contribution in [0.1, 0.15) is 11.1 Å². The SMILES string of the molecule is Cc1ccccc1N(c1ccccc1)c1ccc(-c2ccc3[nH]c4ccc(-c5ccc(N(c6ccccc6)c6ccccc6C)cc5)cc4c3c2)cc1. The molecule has 3 heteroatoms. The van der Waals surface area contributed by atoms with Crippen LogP contribution in [-0.4, -0.2) is 4.98 Å². The number of aryl methyl sites for hydroxylation is 2. The van der Waals surface area contributed by atoms with Gasteiger partial charge in [0.2, 0.25) is 0 Å². The molecule has 1 aromatic heterocycles. The lowest BCUT2D eigenvalue weighted by atomic mass is 9.99. The standard InChI is InChI=1S/C50H39N3/c1-35-13-9-11-19-49(35)52(41-15-5-3-6-16-41)43-27-21-37(22-28-43)39-25-31-47-45(33-39)46-34-40(26-32-48(46)51-47)38-23-29-44(30-24-38)53(42-17-7-4-8-18-42)50-20-12-10-14-36(50)2/h3-34,51H,1-2H3. The highest BCUT2D eigenvalue weighted by Crippen LogP contribution is 2.40. The van der Waals surface area contributed by atoms with E-state index in [9.17, 15) is 0 Å². The molecule has 0 amide bonds. The van der Waals surface area contributed by atoms with Crippen LogP contribution in [0.25, 0.3) is 44.1 Å². The molecule has 0 aliphatic heterocycles. The number of aromatic nitrogens is 1. The van der Waals surface area contributed by atoms with Gasteiger partial charge in [-0.15, -0.1) is 0 Å². The van der Waals surface area contributed by atoms with Crippen LogP contribution in [0.5, 0.6) is 0 Å². The van der Waals surface area contributed by atoms with E-state index in [-0.39, 0.29) is 0 Å². The topological polar surface area (TPSA) is 22.3 Å². The maximum atomic E-state index is 3.65. The molecule has 0 fully saturated rings. The van der Waals surface area contributed by atoms with Gasteiger partial charge in [0.15, 0.2) is 0 Å². The number of benzene rings is 8. The smallest absolute Gasteiger partial charge is 0.0490 e. The predicted molar refractivity (Wildman–Crippen MR) is 226 cm³/mol. The third-order valence-corrected chi connectivity index (χ3v) is 10.3. The van der Waals surface area contributed by atoms with Crippen LogP contribution in [0.4, 0.5) is 34.1 Å². The minimum atomic E-state index is 1.13.